The third-order valence-electron chi connectivity index (χ3n) is 11.7. The summed E-state index contributed by atoms with van der Waals surface area (Å²) < 4.78 is 5.91. The van der Waals surface area contributed by atoms with Crippen molar-refractivity contribution in [3.05, 3.63) is 36.5 Å². The van der Waals surface area contributed by atoms with Crippen LogP contribution in [0, 0.1) is 0 Å². The van der Waals surface area contributed by atoms with Gasteiger partial charge in [0.05, 0.1) is 25.2 Å². The predicted octanol–water partition coefficient (Wildman–Crippen LogP) is 15.3. The van der Waals surface area contributed by atoms with E-state index < -0.39 is 18.2 Å². The Kier molecular flexibility index (Phi) is 45.6. The number of aliphatic hydroxyl groups is 2. The van der Waals surface area contributed by atoms with Gasteiger partial charge < -0.3 is 20.3 Å². The number of esters is 1. The van der Waals surface area contributed by atoms with Crippen LogP contribution in [0.1, 0.15) is 265 Å². The number of hydrogen-bond acceptors (Lipinski definition) is 5. The van der Waals surface area contributed by atoms with Gasteiger partial charge in [-0.25, -0.2) is 0 Å². The lowest BCUT2D eigenvalue weighted by molar-refractivity contribution is -0.151. The molecular formula is C53H99NO5. The van der Waals surface area contributed by atoms with Crippen LogP contribution in [-0.4, -0.2) is 46.9 Å². The SMILES string of the molecule is CCCCC/C=C/C=C/CCCCCCC(CC(=O)NC(CO)C(O)CCCCCCCCCCCCCCCC)OC(=O)CCCCC/C=C\CCCCCCCC. The Hall–Kier alpha value is -1.92. The van der Waals surface area contributed by atoms with Gasteiger partial charge in [0.15, 0.2) is 0 Å². The van der Waals surface area contributed by atoms with E-state index in [1.807, 2.05) is 0 Å². The minimum absolute atomic E-state index is 0.0601. The lowest BCUT2D eigenvalue weighted by atomic mass is 10.0. The number of carbonyl (C=O) groups excluding carboxylic acids is 2. The van der Waals surface area contributed by atoms with Crippen LogP contribution in [0.15, 0.2) is 36.5 Å². The second kappa shape index (κ2) is 47.1. The summed E-state index contributed by atoms with van der Waals surface area (Å²) in [5.74, 6) is -0.506. The molecule has 0 aromatic carbocycles. The molecule has 0 aliphatic carbocycles. The van der Waals surface area contributed by atoms with E-state index in [1.54, 1.807) is 0 Å². The molecule has 0 saturated heterocycles. The number of amides is 1. The normalized spacial score (nSPS) is 13.5. The third kappa shape index (κ3) is 42.6. The number of ether oxygens (including phenoxy) is 1. The number of rotatable bonds is 46. The van der Waals surface area contributed by atoms with Gasteiger partial charge in [-0.15, -0.1) is 0 Å². The maximum Gasteiger partial charge on any atom is 0.306 e. The Bertz CT molecular complexity index is 977. The first kappa shape index (κ1) is 57.1. The van der Waals surface area contributed by atoms with Gasteiger partial charge >= 0.3 is 5.97 Å². The molecular weight excluding hydrogens is 731 g/mol. The molecule has 0 aliphatic rings. The Balaban J connectivity index is 4.60. The van der Waals surface area contributed by atoms with E-state index in [0.29, 0.717) is 19.3 Å². The van der Waals surface area contributed by atoms with Crippen LogP contribution in [0.4, 0.5) is 0 Å². The zero-order valence-electron chi connectivity index (χ0n) is 39.4. The molecule has 0 fully saturated rings. The Labute approximate surface area is 366 Å². The highest BCUT2D eigenvalue weighted by Gasteiger charge is 2.24. The summed E-state index contributed by atoms with van der Waals surface area (Å²) >= 11 is 0. The van der Waals surface area contributed by atoms with Crippen LogP contribution in [0.25, 0.3) is 0 Å². The molecule has 346 valence electrons. The molecule has 0 aromatic rings. The van der Waals surface area contributed by atoms with E-state index in [-0.39, 0.29) is 24.9 Å². The molecule has 59 heavy (non-hydrogen) atoms. The highest BCUT2D eigenvalue weighted by atomic mass is 16.5. The first-order chi connectivity index (χ1) is 29.0. The number of unbranched alkanes of at least 4 members (excludes halogenated alkanes) is 29. The van der Waals surface area contributed by atoms with Crippen LogP contribution in [-0.2, 0) is 14.3 Å². The molecule has 6 nitrogen and oxygen atoms in total. The van der Waals surface area contributed by atoms with Crippen LogP contribution < -0.4 is 5.32 Å². The van der Waals surface area contributed by atoms with Gasteiger partial charge in [0.1, 0.15) is 6.10 Å². The molecule has 0 heterocycles. The summed E-state index contributed by atoms with van der Waals surface area (Å²) in [4.78, 5) is 26.1. The molecule has 0 aromatic heterocycles. The molecule has 0 rings (SSSR count). The molecule has 1 amide bonds. The fourth-order valence-corrected chi connectivity index (χ4v) is 7.77. The number of carbonyl (C=O) groups is 2. The van der Waals surface area contributed by atoms with Crippen molar-refractivity contribution in [1.29, 1.82) is 0 Å². The molecule has 3 N–H and O–H groups in total. The molecule has 3 unspecified atom stereocenters. The summed E-state index contributed by atoms with van der Waals surface area (Å²) in [5.41, 5.74) is 0. The van der Waals surface area contributed by atoms with Gasteiger partial charge in [-0.1, -0.05) is 211 Å². The molecule has 0 aliphatic heterocycles. The van der Waals surface area contributed by atoms with E-state index in [2.05, 4.69) is 62.5 Å². The second-order valence-corrected chi connectivity index (χ2v) is 17.6. The van der Waals surface area contributed by atoms with Crippen molar-refractivity contribution in [1.82, 2.24) is 5.32 Å². The lowest BCUT2D eigenvalue weighted by Gasteiger charge is -2.24. The first-order valence-electron chi connectivity index (χ1n) is 25.7. The molecule has 0 bridgehead atoms. The van der Waals surface area contributed by atoms with Gasteiger partial charge in [-0.2, -0.15) is 0 Å². The molecule has 6 heteroatoms. The monoisotopic (exact) mass is 830 g/mol. The predicted molar refractivity (Wildman–Crippen MR) is 255 cm³/mol. The van der Waals surface area contributed by atoms with E-state index >= 15 is 0 Å². The van der Waals surface area contributed by atoms with Crippen LogP contribution in [0.5, 0.6) is 0 Å². The maximum absolute atomic E-state index is 13.2. The minimum atomic E-state index is -0.793. The van der Waals surface area contributed by atoms with Crippen LogP contribution in [0.3, 0.4) is 0 Å². The van der Waals surface area contributed by atoms with Crippen molar-refractivity contribution in [3.8, 4) is 0 Å². The summed E-state index contributed by atoms with van der Waals surface area (Å²) in [6, 6.07) is -0.708. The molecule has 0 saturated carbocycles. The minimum Gasteiger partial charge on any atom is -0.462 e. The average molecular weight is 830 g/mol. The molecule has 0 spiro atoms. The summed E-state index contributed by atoms with van der Waals surface area (Å²) in [7, 11) is 0. The largest absolute Gasteiger partial charge is 0.462 e. The topological polar surface area (TPSA) is 95.9 Å². The van der Waals surface area contributed by atoms with E-state index in [9.17, 15) is 19.8 Å². The third-order valence-corrected chi connectivity index (χ3v) is 11.7. The van der Waals surface area contributed by atoms with E-state index in [0.717, 1.165) is 83.5 Å². The van der Waals surface area contributed by atoms with Crippen molar-refractivity contribution in [3.63, 3.8) is 0 Å². The highest BCUT2D eigenvalue weighted by molar-refractivity contribution is 5.77. The smallest absolute Gasteiger partial charge is 0.306 e. The quantitative estimate of drug-likeness (QED) is 0.0246. The fraction of sp³-hybridized carbons (Fsp3) is 0.849. The summed E-state index contributed by atoms with van der Waals surface area (Å²) in [6.07, 6.45) is 54.8. The zero-order chi connectivity index (χ0) is 43.1. The molecule has 3 atom stereocenters. The van der Waals surface area contributed by atoms with Crippen molar-refractivity contribution in [2.45, 2.75) is 283 Å². The van der Waals surface area contributed by atoms with Crippen molar-refractivity contribution in [2.24, 2.45) is 0 Å². The van der Waals surface area contributed by atoms with Gasteiger partial charge in [0.2, 0.25) is 5.91 Å². The first-order valence-corrected chi connectivity index (χ1v) is 25.7. The van der Waals surface area contributed by atoms with Crippen molar-refractivity contribution >= 4 is 11.9 Å². The summed E-state index contributed by atoms with van der Waals surface area (Å²) in [6.45, 7) is 6.44. The van der Waals surface area contributed by atoms with Crippen LogP contribution in [0.2, 0.25) is 0 Å². The fourth-order valence-electron chi connectivity index (χ4n) is 7.77. The van der Waals surface area contributed by atoms with E-state index in [4.69, 9.17) is 4.74 Å². The van der Waals surface area contributed by atoms with Gasteiger partial charge in [-0.3, -0.25) is 9.59 Å². The number of aliphatic hydroxyl groups excluding tert-OH is 2. The Morgan fingerprint density at radius 1 is 0.492 bits per heavy atom. The van der Waals surface area contributed by atoms with Crippen molar-refractivity contribution < 1.29 is 24.5 Å². The van der Waals surface area contributed by atoms with Gasteiger partial charge in [-0.05, 0) is 77.0 Å². The maximum atomic E-state index is 13.2. The Morgan fingerprint density at radius 3 is 1.34 bits per heavy atom. The average Bonchev–Trinajstić information content (AvgIpc) is 3.23. The lowest BCUT2D eigenvalue weighted by Crippen LogP contribution is -2.46. The highest BCUT2D eigenvalue weighted by Crippen LogP contribution is 2.17. The van der Waals surface area contributed by atoms with Crippen molar-refractivity contribution in [2.75, 3.05) is 6.61 Å². The number of hydrogen-bond donors (Lipinski definition) is 3. The number of allylic oxidation sites excluding steroid dienone is 6. The van der Waals surface area contributed by atoms with E-state index in [1.165, 1.54) is 135 Å². The summed E-state index contributed by atoms with van der Waals surface area (Å²) in [5, 5.41) is 23.8. The molecule has 0 radical (unpaired) electrons. The standard InChI is InChI=1S/C53H99NO5/c1-4-7-10-13-16-19-22-25-28-30-33-36-39-42-45-51(56)50(48-55)54-52(57)47-49(44-41-38-35-32-29-26-23-20-17-14-11-8-5-2)59-53(58)46-43-40-37-34-31-27-24-21-18-15-12-9-6-3/h17,20,23,26-27,31,49-51,55-56H,4-16,18-19,21-22,24-25,28-30,32-48H2,1-3H3,(H,54,57)/b20-17+,26-23+,31-27-. The number of nitrogens with one attached hydrogen (secondary N) is 1. The Morgan fingerprint density at radius 2 is 0.864 bits per heavy atom. The zero-order valence-corrected chi connectivity index (χ0v) is 39.4. The second-order valence-electron chi connectivity index (χ2n) is 17.6. The van der Waals surface area contributed by atoms with Gasteiger partial charge in [0, 0.05) is 6.42 Å². The van der Waals surface area contributed by atoms with Gasteiger partial charge in [0.25, 0.3) is 0 Å². The van der Waals surface area contributed by atoms with Crippen LogP contribution >= 0.6 is 0 Å².